The Morgan fingerprint density at radius 3 is 2.76 bits per heavy atom. The molecule has 0 amide bonds. The van der Waals surface area contributed by atoms with E-state index in [2.05, 4.69) is 37.6 Å². The van der Waals surface area contributed by atoms with E-state index in [0.29, 0.717) is 11.0 Å². The van der Waals surface area contributed by atoms with E-state index in [0.717, 1.165) is 17.8 Å². The summed E-state index contributed by atoms with van der Waals surface area (Å²) in [5.74, 6) is 1.38. The Morgan fingerprint density at radius 1 is 1.35 bits per heavy atom. The number of hydrogen-bond donors (Lipinski definition) is 1. The molecule has 0 aliphatic rings. The lowest BCUT2D eigenvalue weighted by Gasteiger charge is -2.03. The minimum absolute atomic E-state index is 0.380. The first kappa shape index (κ1) is 12.4. The van der Waals surface area contributed by atoms with Crippen molar-refractivity contribution in [2.75, 3.05) is 0 Å². The second kappa shape index (κ2) is 5.05. The average molecular weight is 249 g/mol. The molecule has 0 saturated heterocycles. The van der Waals surface area contributed by atoms with Gasteiger partial charge in [-0.1, -0.05) is 26.0 Å². The van der Waals surface area contributed by atoms with Crippen LogP contribution in [-0.4, -0.2) is 14.9 Å². The van der Waals surface area contributed by atoms with Crippen LogP contribution in [0.25, 0.3) is 10.9 Å². The largest absolute Gasteiger partial charge is 0.506 e. The van der Waals surface area contributed by atoms with Crippen LogP contribution in [0.1, 0.15) is 26.3 Å². The van der Waals surface area contributed by atoms with E-state index in [1.54, 1.807) is 6.07 Å². The Bertz CT molecular complexity index is 516. The van der Waals surface area contributed by atoms with Gasteiger partial charge in [-0.25, -0.2) is 0 Å². The van der Waals surface area contributed by atoms with Crippen molar-refractivity contribution < 1.29 is 5.11 Å². The van der Waals surface area contributed by atoms with Crippen LogP contribution in [0.5, 0.6) is 5.75 Å². The lowest BCUT2D eigenvalue weighted by Crippen LogP contribution is -1.91. The molecule has 0 aliphatic heterocycles. The van der Waals surface area contributed by atoms with Crippen LogP contribution in [0.3, 0.4) is 0 Å². The third kappa shape index (κ3) is 2.44. The summed E-state index contributed by atoms with van der Waals surface area (Å²) in [4.78, 5) is 0. The highest BCUT2D eigenvalue weighted by atomic mass is 32.2. The molecule has 1 aromatic heterocycles. The van der Waals surface area contributed by atoms with Gasteiger partial charge in [-0.3, -0.25) is 0 Å². The number of hydrogen-bond acceptors (Lipinski definition) is 2. The highest BCUT2D eigenvalue weighted by molar-refractivity contribution is 7.99. The molecule has 1 aromatic carbocycles. The molecule has 2 nitrogen and oxygen atoms in total. The highest BCUT2D eigenvalue weighted by Gasteiger charge is 2.11. The number of para-hydroxylation sites is 1. The summed E-state index contributed by atoms with van der Waals surface area (Å²) in [7, 11) is 0. The molecule has 0 unspecified atom stereocenters. The van der Waals surface area contributed by atoms with Crippen LogP contribution in [0.15, 0.2) is 24.4 Å². The standard InChI is InChI=1S/C14H19NOS/c1-4-15-8-11(9-17-10(2)3)12-6-5-7-13(16)14(12)15/h5-8,10,16H,4,9H2,1-3H3. The minimum Gasteiger partial charge on any atom is -0.506 e. The number of aryl methyl sites for hydroxylation is 1. The Hall–Kier alpha value is -1.09. The fraction of sp³-hybridized carbons (Fsp3) is 0.429. The molecule has 0 saturated carbocycles. The van der Waals surface area contributed by atoms with Gasteiger partial charge in [0.1, 0.15) is 5.75 Å². The van der Waals surface area contributed by atoms with Crippen molar-refractivity contribution >= 4 is 22.7 Å². The molecular formula is C14H19NOS. The molecule has 1 N–H and O–H groups in total. The Kier molecular flexibility index (Phi) is 3.67. The number of nitrogens with zero attached hydrogens (tertiary/aromatic N) is 1. The molecule has 2 rings (SSSR count). The third-order valence-electron chi connectivity index (χ3n) is 2.87. The second-order valence-electron chi connectivity index (χ2n) is 4.47. The third-order valence-corrected chi connectivity index (χ3v) is 4.02. The number of phenolic OH excluding ortho intramolecular Hbond substituents is 1. The van der Waals surface area contributed by atoms with Crippen LogP contribution in [0.4, 0.5) is 0 Å². The van der Waals surface area contributed by atoms with Crippen molar-refractivity contribution in [1.29, 1.82) is 0 Å². The van der Waals surface area contributed by atoms with Gasteiger partial charge < -0.3 is 9.67 Å². The second-order valence-corrected chi connectivity index (χ2v) is 6.04. The van der Waals surface area contributed by atoms with E-state index in [1.165, 1.54) is 10.9 Å². The van der Waals surface area contributed by atoms with Crippen LogP contribution in [-0.2, 0) is 12.3 Å². The minimum atomic E-state index is 0.380. The van der Waals surface area contributed by atoms with E-state index in [4.69, 9.17) is 0 Å². The highest BCUT2D eigenvalue weighted by Crippen LogP contribution is 2.31. The van der Waals surface area contributed by atoms with E-state index >= 15 is 0 Å². The quantitative estimate of drug-likeness (QED) is 0.885. The fourth-order valence-corrected chi connectivity index (χ4v) is 2.78. The molecule has 0 aliphatic carbocycles. The molecule has 2 aromatic rings. The SMILES string of the molecule is CCn1cc(CSC(C)C)c2cccc(O)c21. The monoisotopic (exact) mass is 249 g/mol. The summed E-state index contributed by atoms with van der Waals surface area (Å²) in [6.45, 7) is 7.41. The Balaban J connectivity index is 2.46. The maximum absolute atomic E-state index is 9.95. The molecule has 0 fully saturated rings. The Morgan fingerprint density at radius 2 is 2.12 bits per heavy atom. The van der Waals surface area contributed by atoms with Crippen LogP contribution in [0.2, 0.25) is 0 Å². The number of rotatable bonds is 4. The lowest BCUT2D eigenvalue weighted by atomic mass is 10.2. The van der Waals surface area contributed by atoms with Crippen LogP contribution >= 0.6 is 11.8 Å². The number of aromatic nitrogens is 1. The van der Waals surface area contributed by atoms with E-state index in [9.17, 15) is 5.11 Å². The molecule has 92 valence electrons. The zero-order valence-electron chi connectivity index (χ0n) is 10.6. The number of benzene rings is 1. The van der Waals surface area contributed by atoms with Crippen molar-refractivity contribution in [3.05, 3.63) is 30.0 Å². The van der Waals surface area contributed by atoms with Crippen molar-refractivity contribution in [2.45, 2.75) is 38.3 Å². The van der Waals surface area contributed by atoms with Crippen LogP contribution < -0.4 is 0 Å². The zero-order valence-corrected chi connectivity index (χ0v) is 11.4. The summed E-state index contributed by atoms with van der Waals surface area (Å²) in [5.41, 5.74) is 2.28. The van der Waals surface area contributed by atoms with Gasteiger partial charge in [0.15, 0.2) is 0 Å². The number of fused-ring (bicyclic) bond motifs is 1. The van der Waals surface area contributed by atoms with E-state index in [1.807, 2.05) is 17.8 Å². The van der Waals surface area contributed by atoms with Crippen molar-refractivity contribution in [3.8, 4) is 5.75 Å². The first-order valence-electron chi connectivity index (χ1n) is 6.04. The van der Waals surface area contributed by atoms with E-state index < -0.39 is 0 Å². The van der Waals surface area contributed by atoms with Crippen LogP contribution in [0, 0.1) is 0 Å². The molecule has 0 bridgehead atoms. The smallest absolute Gasteiger partial charge is 0.139 e. The van der Waals surface area contributed by atoms with Crippen molar-refractivity contribution in [1.82, 2.24) is 4.57 Å². The predicted octanol–water partition coefficient (Wildman–Crippen LogP) is 4.01. The molecule has 1 heterocycles. The molecule has 0 atom stereocenters. The molecule has 0 radical (unpaired) electrons. The molecule has 17 heavy (non-hydrogen) atoms. The predicted molar refractivity (Wildman–Crippen MR) is 75.7 cm³/mol. The molecular weight excluding hydrogens is 230 g/mol. The number of thioether (sulfide) groups is 1. The van der Waals surface area contributed by atoms with Crippen molar-refractivity contribution in [3.63, 3.8) is 0 Å². The van der Waals surface area contributed by atoms with Gasteiger partial charge in [0, 0.05) is 23.9 Å². The first-order chi connectivity index (χ1) is 8.13. The Labute approximate surface area is 107 Å². The van der Waals surface area contributed by atoms with Gasteiger partial charge in [-0.05, 0) is 23.8 Å². The summed E-state index contributed by atoms with van der Waals surface area (Å²) in [5, 5.41) is 11.8. The number of phenols is 1. The maximum Gasteiger partial charge on any atom is 0.139 e. The lowest BCUT2D eigenvalue weighted by molar-refractivity contribution is 0.478. The summed E-state index contributed by atoms with van der Waals surface area (Å²) in [6, 6.07) is 5.77. The van der Waals surface area contributed by atoms with Gasteiger partial charge in [0.25, 0.3) is 0 Å². The first-order valence-corrected chi connectivity index (χ1v) is 7.09. The van der Waals surface area contributed by atoms with Gasteiger partial charge in [0.2, 0.25) is 0 Å². The average Bonchev–Trinajstić information content (AvgIpc) is 2.66. The van der Waals surface area contributed by atoms with Gasteiger partial charge in [0.05, 0.1) is 5.52 Å². The van der Waals surface area contributed by atoms with Gasteiger partial charge in [-0.2, -0.15) is 11.8 Å². The maximum atomic E-state index is 9.95. The van der Waals surface area contributed by atoms with Gasteiger partial charge >= 0.3 is 0 Å². The van der Waals surface area contributed by atoms with Gasteiger partial charge in [-0.15, -0.1) is 0 Å². The topological polar surface area (TPSA) is 25.2 Å². The zero-order chi connectivity index (χ0) is 12.4. The summed E-state index contributed by atoms with van der Waals surface area (Å²) >= 11 is 1.93. The number of aromatic hydroxyl groups is 1. The normalized spacial score (nSPS) is 11.5. The summed E-state index contributed by atoms with van der Waals surface area (Å²) in [6.07, 6.45) is 2.17. The molecule has 3 heteroatoms. The fourth-order valence-electron chi connectivity index (χ4n) is 2.04. The van der Waals surface area contributed by atoms with E-state index in [-0.39, 0.29) is 0 Å². The molecule has 0 spiro atoms. The summed E-state index contributed by atoms with van der Waals surface area (Å²) < 4.78 is 2.13. The van der Waals surface area contributed by atoms with Crippen molar-refractivity contribution in [2.24, 2.45) is 0 Å².